The Kier molecular flexibility index (Phi) is 6.68. The number of hydrogen-bond donors (Lipinski definition) is 3. The van der Waals surface area contributed by atoms with E-state index in [1.54, 1.807) is 0 Å². The quantitative estimate of drug-likeness (QED) is 0.691. The molecule has 0 bridgehead atoms. The van der Waals surface area contributed by atoms with Gasteiger partial charge in [0.25, 0.3) is 5.91 Å². The maximum absolute atomic E-state index is 11.4. The van der Waals surface area contributed by atoms with E-state index in [1.807, 2.05) is 0 Å². The van der Waals surface area contributed by atoms with Crippen LogP contribution in [0.5, 0.6) is 5.75 Å². The molecule has 0 aliphatic rings. The number of amides is 1. The molecule has 0 unspecified atom stereocenters. The first-order chi connectivity index (χ1) is 8.97. The number of rotatable bonds is 6. The Morgan fingerprint density at radius 3 is 2.32 bits per heavy atom. The normalized spacial score (nSPS) is 10.6. The van der Waals surface area contributed by atoms with Crippen molar-refractivity contribution in [1.29, 1.82) is 0 Å². The van der Waals surface area contributed by atoms with Crippen molar-refractivity contribution in [2.24, 2.45) is 0 Å². The molecule has 5 nitrogen and oxygen atoms in total. The fourth-order valence-corrected chi connectivity index (χ4v) is 1.77. The van der Waals surface area contributed by atoms with Crippen molar-refractivity contribution in [3.8, 4) is 5.75 Å². The van der Waals surface area contributed by atoms with Crippen LogP contribution in [0, 0.1) is 0 Å². The van der Waals surface area contributed by atoms with Gasteiger partial charge in [0.2, 0.25) is 0 Å². The standard InChI is InChI=1S/C11H12Cl3NO4/c12-7-1-9(14)10(2-8(7)13)19-5-11(18)15-6(3-16)4-17/h1-2,6,16-17H,3-5H2,(H,15,18). The van der Waals surface area contributed by atoms with Crippen LogP contribution in [0.2, 0.25) is 15.1 Å². The van der Waals surface area contributed by atoms with Crippen LogP contribution < -0.4 is 10.1 Å². The molecule has 1 aromatic carbocycles. The van der Waals surface area contributed by atoms with Crippen LogP contribution in [-0.4, -0.2) is 42.0 Å². The molecule has 0 aliphatic heterocycles. The summed E-state index contributed by atoms with van der Waals surface area (Å²) in [6, 6.07) is 2.08. The lowest BCUT2D eigenvalue weighted by molar-refractivity contribution is -0.124. The number of halogens is 3. The molecule has 1 amide bonds. The first kappa shape index (κ1) is 16.3. The van der Waals surface area contributed by atoms with Crippen molar-refractivity contribution >= 4 is 40.7 Å². The zero-order chi connectivity index (χ0) is 14.4. The molecule has 0 fully saturated rings. The zero-order valence-electron chi connectivity index (χ0n) is 9.70. The van der Waals surface area contributed by atoms with Crippen molar-refractivity contribution in [3.05, 3.63) is 27.2 Å². The molecule has 19 heavy (non-hydrogen) atoms. The van der Waals surface area contributed by atoms with Gasteiger partial charge in [-0.05, 0) is 6.07 Å². The van der Waals surface area contributed by atoms with Crippen LogP contribution >= 0.6 is 34.8 Å². The van der Waals surface area contributed by atoms with Crippen LogP contribution in [0.15, 0.2) is 12.1 Å². The Morgan fingerprint density at radius 2 is 1.74 bits per heavy atom. The number of ether oxygens (including phenoxy) is 1. The van der Waals surface area contributed by atoms with E-state index in [0.717, 1.165) is 0 Å². The van der Waals surface area contributed by atoms with Gasteiger partial charge in [-0.2, -0.15) is 0 Å². The minimum Gasteiger partial charge on any atom is -0.482 e. The average molecular weight is 329 g/mol. The summed E-state index contributed by atoms with van der Waals surface area (Å²) in [5.74, 6) is -0.286. The molecule has 0 aliphatic carbocycles. The summed E-state index contributed by atoms with van der Waals surface area (Å²) >= 11 is 17.4. The van der Waals surface area contributed by atoms with E-state index < -0.39 is 11.9 Å². The summed E-state index contributed by atoms with van der Waals surface area (Å²) in [5, 5.41) is 20.7. The Labute approximate surface area is 125 Å². The number of benzene rings is 1. The van der Waals surface area contributed by atoms with Crippen LogP contribution in [0.3, 0.4) is 0 Å². The molecule has 106 valence electrons. The topological polar surface area (TPSA) is 78.8 Å². The first-order valence-electron chi connectivity index (χ1n) is 5.26. The van der Waals surface area contributed by atoms with E-state index in [1.165, 1.54) is 12.1 Å². The van der Waals surface area contributed by atoms with Gasteiger partial charge in [-0.25, -0.2) is 0 Å². The highest BCUT2D eigenvalue weighted by Crippen LogP contribution is 2.33. The minimum atomic E-state index is -0.722. The summed E-state index contributed by atoms with van der Waals surface area (Å²) in [6.07, 6.45) is 0. The Balaban J connectivity index is 2.57. The van der Waals surface area contributed by atoms with E-state index in [0.29, 0.717) is 0 Å². The Hall–Kier alpha value is -0.720. The third-order valence-corrected chi connectivity index (χ3v) is 3.16. The lowest BCUT2D eigenvalue weighted by Crippen LogP contribution is -2.42. The maximum atomic E-state index is 11.4. The predicted octanol–water partition coefficient (Wildman–Crippen LogP) is 1.49. The van der Waals surface area contributed by atoms with E-state index in [-0.39, 0.29) is 40.6 Å². The third kappa shape index (κ3) is 5.04. The highest BCUT2D eigenvalue weighted by atomic mass is 35.5. The summed E-state index contributed by atoms with van der Waals surface area (Å²) in [7, 11) is 0. The Morgan fingerprint density at radius 1 is 1.16 bits per heavy atom. The van der Waals surface area contributed by atoms with Gasteiger partial charge in [0, 0.05) is 6.07 Å². The van der Waals surface area contributed by atoms with Crippen molar-refractivity contribution in [2.45, 2.75) is 6.04 Å². The van der Waals surface area contributed by atoms with Gasteiger partial charge in [0.05, 0.1) is 34.3 Å². The molecule has 1 rings (SSSR count). The number of aliphatic hydroxyl groups excluding tert-OH is 2. The Bertz CT molecular complexity index is 452. The molecule has 3 N–H and O–H groups in total. The fourth-order valence-electron chi connectivity index (χ4n) is 1.18. The predicted molar refractivity (Wildman–Crippen MR) is 73.1 cm³/mol. The molecular formula is C11H12Cl3NO4. The van der Waals surface area contributed by atoms with Crippen LogP contribution in [0.4, 0.5) is 0 Å². The van der Waals surface area contributed by atoms with Crippen molar-refractivity contribution in [3.63, 3.8) is 0 Å². The molecule has 0 heterocycles. The molecule has 0 atom stereocenters. The zero-order valence-corrected chi connectivity index (χ0v) is 12.0. The minimum absolute atomic E-state index is 0.218. The monoisotopic (exact) mass is 327 g/mol. The molecule has 0 aromatic heterocycles. The second-order valence-corrected chi connectivity index (χ2v) is 4.84. The molecule has 0 saturated heterocycles. The van der Waals surface area contributed by atoms with Gasteiger partial charge >= 0.3 is 0 Å². The molecule has 0 spiro atoms. The average Bonchev–Trinajstić information content (AvgIpc) is 2.38. The number of hydrogen-bond acceptors (Lipinski definition) is 4. The van der Waals surface area contributed by atoms with E-state index in [2.05, 4.69) is 5.32 Å². The van der Waals surface area contributed by atoms with Crippen molar-refractivity contribution < 1.29 is 19.7 Å². The van der Waals surface area contributed by atoms with Gasteiger partial charge in [-0.1, -0.05) is 34.8 Å². The maximum Gasteiger partial charge on any atom is 0.258 e. The molecule has 1 aromatic rings. The number of carbonyl (C=O) groups excluding carboxylic acids is 1. The summed E-state index contributed by atoms with van der Waals surface area (Å²) in [5.41, 5.74) is 0. The lowest BCUT2D eigenvalue weighted by atomic mass is 10.3. The number of aliphatic hydroxyl groups is 2. The highest BCUT2D eigenvalue weighted by Gasteiger charge is 2.12. The van der Waals surface area contributed by atoms with Gasteiger partial charge < -0.3 is 20.3 Å². The van der Waals surface area contributed by atoms with Crippen molar-refractivity contribution in [2.75, 3.05) is 19.8 Å². The third-order valence-electron chi connectivity index (χ3n) is 2.14. The van der Waals surface area contributed by atoms with E-state index >= 15 is 0 Å². The molecule has 8 heteroatoms. The van der Waals surface area contributed by atoms with Gasteiger partial charge in [0.1, 0.15) is 5.75 Å². The summed E-state index contributed by atoms with van der Waals surface area (Å²) in [6.45, 7) is -1.06. The van der Waals surface area contributed by atoms with E-state index in [4.69, 9.17) is 49.8 Å². The highest BCUT2D eigenvalue weighted by molar-refractivity contribution is 6.43. The second kappa shape index (κ2) is 7.77. The summed E-state index contributed by atoms with van der Waals surface area (Å²) in [4.78, 5) is 11.4. The van der Waals surface area contributed by atoms with E-state index in [9.17, 15) is 4.79 Å². The van der Waals surface area contributed by atoms with Crippen LogP contribution in [-0.2, 0) is 4.79 Å². The van der Waals surface area contributed by atoms with Gasteiger partial charge in [0.15, 0.2) is 6.61 Å². The van der Waals surface area contributed by atoms with Crippen LogP contribution in [0.1, 0.15) is 0 Å². The fraction of sp³-hybridized carbons (Fsp3) is 0.364. The number of carbonyl (C=O) groups is 1. The number of nitrogens with one attached hydrogen (secondary N) is 1. The van der Waals surface area contributed by atoms with Gasteiger partial charge in [-0.15, -0.1) is 0 Å². The lowest BCUT2D eigenvalue weighted by Gasteiger charge is -2.14. The summed E-state index contributed by atoms with van der Waals surface area (Å²) < 4.78 is 5.17. The van der Waals surface area contributed by atoms with Gasteiger partial charge in [-0.3, -0.25) is 4.79 Å². The molecule has 0 saturated carbocycles. The largest absolute Gasteiger partial charge is 0.482 e. The van der Waals surface area contributed by atoms with Crippen molar-refractivity contribution in [1.82, 2.24) is 5.32 Å². The first-order valence-corrected chi connectivity index (χ1v) is 6.39. The smallest absolute Gasteiger partial charge is 0.258 e. The van der Waals surface area contributed by atoms with Crippen LogP contribution in [0.25, 0.3) is 0 Å². The second-order valence-electron chi connectivity index (χ2n) is 3.61. The molecule has 0 radical (unpaired) electrons. The molecular weight excluding hydrogens is 316 g/mol. The SMILES string of the molecule is O=C(COc1cc(Cl)c(Cl)cc1Cl)NC(CO)CO.